The first-order valence-corrected chi connectivity index (χ1v) is 6.28. The Morgan fingerprint density at radius 3 is 2.61 bits per heavy atom. The molecular weight excluding hydrogens is 228 g/mol. The minimum atomic E-state index is -0.0401. The van der Waals surface area contributed by atoms with Crippen LogP contribution < -0.4 is 10.5 Å². The lowest BCUT2D eigenvalue weighted by atomic mass is 10.0. The highest BCUT2D eigenvalue weighted by Crippen LogP contribution is 2.28. The summed E-state index contributed by atoms with van der Waals surface area (Å²) in [5.74, 6) is 0.726. The molecule has 1 heterocycles. The van der Waals surface area contributed by atoms with Crippen molar-refractivity contribution >= 4 is 11.6 Å². The lowest BCUT2D eigenvalue weighted by Crippen LogP contribution is -2.44. The minimum absolute atomic E-state index is 0.0401. The molecule has 98 valence electrons. The Labute approximate surface area is 108 Å². The molecule has 0 aromatic heterocycles. The predicted octanol–water partition coefficient (Wildman–Crippen LogP) is 2.05. The van der Waals surface area contributed by atoms with Crippen LogP contribution in [0.25, 0.3) is 0 Å². The number of nitrogens with two attached hydrogens (primary N) is 1. The van der Waals surface area contributed by atoms with E-state index in [9.17, 15) is 4.79 Å². The van der Waals surface area contributed by atoms with Crippen LogP contribution in [0.5, 0.6) is 5.75 Å². The zero-order chi connectivity index (χ0) is 13.2. The number of amides is 1. The van der Waals surface area contributed by atoms with Crippen molar-refractivity contribution in [2.45, 2.75) is 32.2 Å². The summed E-state index contributed by atoms with van der Waals surface area (Å²) in [5.41, 5.74) is 6.24. The summed E-state index contributed by atoms with van der Waals surface area (Å²) in [6, 6.07) is 7.08. The molecule has 1 aliphatic heterocycles. The van der Waals surface area contributed by atoms with Crippen LogP contribution in [-0.4, -0.2) is 29.5 Å². The number of benzene rings is 1. The molecule has 0 aliphatic carbocycles. The third-order valence-corrected chi connectivity index (χ3v) is 3.44. The first kappa shape index (κ1) is 12.7. The fourth-order valence-electron chi connectivity index (χ4n) is 2.36. The van der Waals surface area contributed by atoms with Crippen molar-refractivity contribution in [3.05, 3.63) is 24.3 Å². The van der Waals surface area contributed by atoms with Crippen LogP contribution in [0, 0.1) is 0 Å². The molecule has 0 saturated carbocycles. The molecule has 0 spiro atoms. The number of nitrogens with zero attached hydrogens (tertiary/aromatic N) is 1. The van der Waals surface area contributed by atoms with Crippen molar-refractivity contribution < 1.29 is 9.53 Å². The van der Waals surface area contributed by atoms with Gasteiger partial charge in [0.2, 0.25) is 0 Å². The lowest BCUT2D eigenvalue weighted by Gasteiger charge is -2.31. The Kier molecular flexibility index (Phi) is 3.45. The number of carbonyl (C=O) groups is 1. The van der Waals surface area contributed by atoms with Crippen molar-refractivity contribution in [2.75, 3.05) is 18.9 Å². The maximum absolute atomic E-state index is 12.1. The summed E-state index contributed by atoms with van der Waals surface area (Å²) in [5, 5.41) is 0. The molecule has 4 nitrogen and oxygen atoms in total. The molecule has 0 radical (unpaired) electrons. The average molecular weight is 248 g/mol. The van der Waals surface area contributed by atoms with Gasteiger partial charge in [0.15, 0.2) is 6.61 Å². The van der Waals surface area contributed by atoms with Gasteiger partial charge >= 0.3 is 0 Å². The van der Waals surface area contributed by atoms with E-state index in [1.807, 2.05) is 4.90 Å². The van der Waals surface area contributed by atoms with E-state index in [0.29, 0.717) is 11.4 Å². The van der Waals surface area contributed by atoms with Crippen molar-refractivity contribution in [3.63, 3.8) is 0 Å². The fraction of sp³-hybridized carbons (Fsp3) is 0.500. The SMILES string of the molecule is CC1(C)CCCN1C(=O)COc1ccc(N)cc1. The van der Waals surface area contributed by atoms with Crippen LogP contribution in [0.2, 0.25) is 0 Å². The predicted molar refractivity (Wildman–Crippen MR) is 71.4 cm³/mol. The van der Waals surface area contributed by atoms with Gasteiger partial charge in [-0.1, -0.05) is 0 Å². The molecule has 4 heteroatoms. The smallest absolute Gasteiger partial charge is 0.260 e. The van der Waals surface area contributed by atoms with Gasteiger partial charge < -0.3 is 15.4 Å². The number of carbonyl (C=O) groups excluding carboxylic acids is 1. The van der Waals surface area contributed by atoms with Gasteiger partial charge in [0, 0.05) is 17.8 Å². The van der Waals surface area contributed by atoms with E-state index in [2.05, 4.69) is 13.8 Å². The molecule has 1 saturated heterocycles. The fourth-order valence-corrected chi connectivity index (χ4v) is 2.36. The van der Waals surface area contributed by atoms with Crippen LogP contribution in [-0.2, 0) is 4.79 Å². The maximum atomic E-state index is 12.1. The Hall–Kier alpha value is -1.71. The van der Waals surface area contributed by atoms with Gasteiger partial charge in [-0.15, -0.1) is 0 Å². The number of hydrogen-bond acceptors (Lipinski definition) is 3. The van der Waals surface area contributed by atoms with E-state index in [4.69, 9.17) is 10.5 Å². The van der Waals surface area contributed by atoms with Gasteiger partial charge in [-0.3, -0.25) is 4.79 Å². The molecule has 1 aromatic rings. The van der Waals surface area contributed by atoms with Crippen LogP contribution in [0.1, 0.15) is 26.7 Å². The monoisotopic (exact) mass is 248 g/mol. The van der Waals surface area contributed by atoms with E-state index in [-0.39, 0.29) is 18.1 Å². The summed E-state index contributed by atoms with van der Waals surface area (Å²) in [6.07, 6.45) is 2.13. The van der Waals surface area contributed by atoms with Crippen LogP contribution in [0.15, 0.2) is 24.3 Å². The molecule has 2 N–H and O–H groups in total. The first-order chi connectivity index (χ1) is 8.49. The largest absolute Gasteiger partial charge is 0.484 e. The molecule has 0 atom stereocenters. The number of nitrogen functional groups attached to an aromatic ring is 1. The van der Waals surface area contributed by atoms with Gasteiger partial charge in [-0.05, 0) is 51.0 Å². The maximum Gasteiger partial charge on any atom is 0.260 e. The zero-order valence-corrected chi connectivity index (χ0v) is 11.0. The van der Waals surface area contributed by atoms with Gasteiger partial charge in [-0.25, -0.2) is 0 Å². The molecule has 1 fully saturated rings. The second-order valence-electron chi connectivity index (χ2n) is 5.32. The average Bonchev–Trinajstić information content (AvgIpc) is 2.68. The number of rotatable bonds is 3. The molecule has 2 rings (SSSR count). The Balaban J connectivity index is 1.90. The zero-order valence-electron chi connectivity index (χ0n) is 11.0. The normalized spacial score (nSPS) is 17.8. The highest BCUT2D eigenvalue weighted by atomic mass is 16.5. The van der Waals surface area contributed by atoms with E-state index in [1.165, 1.54) is 0 Å². The van der Waals surface area contributed by atoms with E-state index >= 15 is 0 Å². The number of anilines is 1. The van der Waals surface area contributed by atoms with Crippen LogP contribution in [0.4, 0.5) is 5.69 Å². The molecule has 1 amide bonds. The van der Waals surface area contributed by atoms with Crippen LogP contribution in [0.3, 0.4) is 0 Å². The Morgan fingerprint density at radius 2 is 2.06 bits per heavy atom. The van der Waals surface area contributed by atoms with Crippen LogP contribution >= 0.6 is 0 Å². The third-order valence-electron chi connectivity index (χ3n) is 3.44. The summed E-state index contributed by atoms with van der Waals surface area (Å²) in [6.45, 7) is 5.12. The second-order valence-corrected chi connectivity index (χ2v) is 5.32. The van der Waals surface area contributed by atoms with Crippen molar-refractivity contribution in [1.82, 2.24) is 4.90 Å². The minimum Gasteiger partial charge on any atom is -0.484 e. The van der Waals surface area contributed by atoms with Gasteiger partial charge in [-0.2, -0.15) is 0 Å². The quantitative estimate of drug-likeness (QED) is 0.833. The standard InChI is InChI=1S/C14H20N2O2/c1-14(2)8-3-9-16(14)13(17)10-18-12-6-4-11(15)5-7-12/h4-7H,3,8-10,15H2,1-2H3. The molecule has 1 aromatic carbocycles. The highest BCUT2D eigenvalue weighted by Gasteiger charge is 2.35. The molecule has 1 aliphatic rings. The summed E-state index contributed by atoms with van der Waals surface area (Å²) in [7, 11) is 0. The van der Waals surface area contributed by atoms with Crippen molar-refractivity contribution in [2.24, 2.45) is 0 Å². The Bertz CT molecular complexity index is 426. The third kappa shape index (κ3) is 2.75. The lowest BCUT2D eigenvalue weighted by molar-refractivity contribution is -0.136. The molecular formula is C14H20N2O2. The first-order valence-electron chi connectivity index (χ1n) is 6.28. The van der Waals surface area contributed by atoms with Crippen molar-refractivity contribution in [1.29, 1.82) is 0 Å². The van der Waals surface area contributed by atoms with Crippen molar-refractivity contribution in [3.8, 4) is 5.75 Å². The number of hydrogen-bond donors (Lipinski definition) is 1. The summed E-state index contributed by atoms with van der Waals surface area (Å²) in [4.78, 5) is 14.0. The second kappa shape index (κ2) is 4.88. The van der Waals surface area contributed by atoms with Gasteiger partial charge in [0.25, 0.3) is 5.91 Å². The Morgan fingerprint density at radius 1 is 1.39 bits per heavy atom. The molecule has 0 unspecified atom stereocenters. The van der Waals surface area contributed by atoms with E-state index in [0.717, 1.165) is 19.4 Å². The topological polar surface area (TPSA) is 55.6 Å². The van der Waals surface area contributed by atoms with Gasteiger partial charge in [0.1, 0.15) is 5.75 Å². The number of likely N-dealkylation sites (tertiary alicyclic amines) is 1. The number of ether oxygens (including phenoxy) is 1. The molecule has 18 heavy (non-hydrogen) atoms. The van der Waals surface area contributed by atoms with E-state index in [1.54, 1.807) is 24.3 Å². The molecule has 0 bridgehead atoms. The van der Waals surface area contributed by atoms with E-state index < -0.39 is 0 Å². The highest BCUT2D eigenvalue weighted by molar-refractivity contribution is 5.78. The summed E-state index contributed by atoms with van der Waals surface area (Å²) >= 11 is 0. The summed E-state index contributed by atoms with van der Waals surface area (Å²) < 4.78 is 5.48. The van der Waals surface area contributed by atoms with Gasteiger partial charge in [0.05, 0.1) is 0 Å².